The van der Waals surface area contributed by atoms with Crippen LogP contribution in [-0.2, 0) is 4.74 Å². The topological polar surface area (TPSA) is 12.5 Å². The zero-order valence-electron chi connectivity index (χ0n) is 7.55. The third-order valence-corrected chi connectivity index (χ3v) is 1.70. The molecule has 1 aliphatic heterocycles. The van der Waals surface area contributed by atoms with E-state index in [2.05, 4.69) is 18.9 Å². The second kappa shape index (κ2) is 5.69. The monoisotopic (exact) mass is 145 g/mol. The van der Waals surface area contributed by atoms with Gasteiger partial charge in [-0.3, -0.25) is 4.90 Å². The van der Waals surface area contributed by atoms with Crippen LogP contribution in [0.5, 0.6) is 0 Å². The molecule has 2 nitrogen and oxygen atoms in total. The largest absolute Gasteiger partial charge is 0.379 e. The highest BCUT2D eigenvalue weighted by Crippen LogP contribution is 2.00. The molecule has 10 heavy (non-hydrogen) atoms. The molecule has 0 N–H and O–H groups in total. The van der Waals surface area contributed by atoms with Gasteiger partial charge in [0.1, 0.15) is 0 Å². The van der Waals surface area contributed by atoms with Gasteiger partial charge in [-0.25, -0.2) is 0 Å². The summed E-state index contributed by atoms with van der Waals surface area (Å²) in [5.41, 5.74) is 0. The highest BCUT2D eigenvalue weighted by atomic mass is 16.5. The van der Waals surface area contributed by atoms with Crippen LogP contribution in [0.1, 0.15) is 20.8 Å². The van der Waals surface area contributed by atoms with Gasteiger partial charge in [-0.15, -0.1) is 0 Å². The third-order valence-electron chi connectivity index (χ3n) is 1.70. The van der Waals surface area contributed by atoms with Crippen molar-refractivity contribution in [2.75, 3.05) is 26.8 Å². The quantitative estimate of drug-likeness (QED) is 0.510. The molecule has 0 radical (unpaired) electrons. The summed E-state index contributed by atoms with van der Waals surface area (Å²) >= 11 is 0. The van der Waals surface area contributed by atoms with E-state index in [1.807, 2.05) is 13.8 Å². The zero-order valence-corrected chi connectivity index (χ0v) is 7.55. The highest BCUT2D eigenvalue weighted by Gasteiger charge is 2.12. The minimum absolute atomic E-state index is 0.615. The van der Waals surface area contributed by atoms with E-state index in [0.29, 0.717) is 6.04 Å². The molecule has 0 amide bonds. The Bertz CT molecular complexity index is 65.7. The Kier molecular flexibility index (Phi) is 5.64. The molecule has 0 bridgehead atoms. The van der Waals surface area contributed by atoms with Gasteiger partial charge in [0.15, 0.2) is 0 Å². The van der Waals surface area contributed by atoms with E-state index in [-0.39, 0.29) is 0 Å². The lowest BCUT2D eigenvalue weighted by molar-refractivity contribution is 0.0131. The van der Waals surface area contributed by atoms with Crippen LogP contribution in [0, 0.1) is 0 Å². The first-order valence-corrected chi connectivity index (χ1v) is 4.08. The molecule has 1 saturated heterocycles. The fraction of sp³-hybridized carbons (Fsp3) is 1.00. The summed E-state index contributed by atoms with van der Waals surface area (Å²) in [6, 6.07) is 0.615. The summed E-state index contributed by atoms with van der Waals surface area (Å²) in [5, 5.41) is 0. The van der Waals surface area contributed by atoms with Crippen molar-refractivity contribution in [3.8, 4) is 0 Å². The number of likely N-dealkylation sites (N-methyl/N-ethyl adjacent to an activating group) is 1. The summed E-state index contributed by atoms with van der Waals surface area (Å²) in [6.07, 6.45) is 0. The molecule has 1 heterocycles. The van der Waals surface area contributed by atoms with Gasteiger partial charge < -0.3 is 4.74 Å². The highest BCUT2D eigenvalue weighted by molar-refractivity contribution is 4.65. The minimum Gasteiger partial charge on any atom is -0.379 e. The van der Waals surface area contributed by atoms with Gasteiger partial charge in [0, 0.05) is 12.6 Å². The maximum absolute atomic E-state index is 5.21. The Hall–Kier alpha value is -0.0800. The Labute approximate surface area is 64.2 Å². The van der Waals surface area contributed by atoms with Crippen molar-refractivity contribution in [2.45, 2.75) is 26.8 Å². The number of rotatable bonds is 0. The van der Waals surface area contributed by atoms with E-state index in [1.165, 1.54) is 0 Å². The van der Waals surface area contributed by atoms with Crippen LogP contribution >= 0.6 is 0 Å². The summed E-state index contributed by atoms with van der Waals surface area (Å²) in [7, 11) is 2.13. The third kappa shape index (κ3) is 3.18. The Balaban J connectivity index is 0.000000371. The van der Waals surface area contributed by atoms with E-state index in [1.54, 1.807) is 0 Å². The van der Waals surface area contributed by atoms with Gasteiger partial charge in [-0.1, -0.05) is 13.8 Å². The lowest BCUT2D eigenvalue weighted by Gasteiger charge is -2.29. The average Bonchev–Trinajstić information content (AvgIpc) is 2.00. The maximum Gasteiger partial charge on any atom is 0.0619 e. The normalized spacial score (nSPS) is 27.0. The standard InChI is InChI=1S/C6H13NO.C2H6/c1-6-5-8-4-3-7(6)2;1-2/h6H,3-5H2,1-2H3;1-2H3. The summed E-state index contributed by atoms with van der Waals surface area (Å²) in [4.78, 5) is 2.31. The summed E-state index contributed by atoms with van der Waals surface area (Å²) in [5.74, 6) is 0. The van der Waals surface area contributed by atoms with Crippen molar-refractivity contribution in [1.82, 2.24) is 4.90 Å². The van der Waals surface area contributed by atoms with Crippen LogP contribution < -0.4 is 0 Å². The number of morpholine rings is 1. The molecule has 1 rings (SSSR count). The molecule has 0 spiro atoms. The molecule has 1 atom stereocenters. The molecule has 0 aliphatic carbocycles. The predicted octanol–water partition coefficient (Wildman–Crippen LogP) is 1.36. The second-order valence-corrected chi connectivity index (χ2v) is 2.40. The minimum atomic E-state index is 0.615. The number of hydrogen-bond donors (Lipinski definition) is 0. The first-order chi connectivity index (χ1) is 4.80. The van der Waals surface area contributed by atoms with Crippen LogP contribution in [0.3, 0.4) is 0 Å². The summed E-state index contributed by atoms with van der Waals surface area (Å²) < 4.78 is 5.21. The van der Waals surface area contributed by atoms with Gasteiger partial charge in [0.2, 0.25) is 0 Å². The molecule has 0 aromatic heterocycles. The Morgan fingerprint density at radius 1 is 1.40 bits per heavy atom. The van der Waals surface area contributed by atoms with Gasteiger partial charge in [-0.05, 0) is 14.0 Å². The van der Waals surface area contributed by atoms with Gasteiger partial charge in [0.05, 0.1) is 13.2 Å². The van der Waals surface area contributed by atoms with Crippen molar-refractivity contribution in [2.24, 2.45) is 0 Å². The Morgan fingerprint density at radius 2 is 2.00 bits per heavy atom. The van der Waals surface area contributed by atoms with Crippen LogP contribution in [0.2, 0.25) is 0 Å². The van der Waals surface area contributed by atoms with Gasteiger partial charge >= 0.3 is 0 Å². The Morgan fingerprint density at radius 3 is 2.30 bits per heavy atom. The number of hydrogen-bond acceptors (Lipinski definition) is 2. The van der Waals surface area contributed by atoms with Crippen molar-refractivity contribution < 1.29 is 4.74 Å². The molecule has 0 aromatic carbocycles. The van der Waals surface area contributed by atoms with Crippen molar-refractivity contribution in [3.05, 3.63) is 0 Å². The van der Waals surface area contributed by atoms with Crippen LogP contribution in [0.15, 0.2) is 0 Å². The number of ether oxygens (including phenoxy) is 1. The molecular formula is C8H19NO. The first kappa shape index (κ1) is 9.92. The molecular weight excluding hydrogens is 126 g/mol. The van der Waals surface area contributed by atoms with Crippen molar-refractivity contribution in [3.63, 3.8) is 0 Å². The lowest BCUT2D eigenvalue weighted by Crippen LogP contribution is -2.40. The molecule has 62 valence electrons. The lowest BCUT2D eigenvalue weighted by atomic mass is 10.3. The van der Waals surface area contributed by atoms with Gasteiger partial charge in [-0.2, -0.15) is 0 Å². The van der Waals surface area contributed by atoms with E-state index >= 15 is 0 Å². The van der Waals surface area contributed by atoms with Crippen LogP contribution in [-0.4, -0.2) is 37.7 Å². The number of nitrogens with zero attached hydrogens (tertiary/aromatic N) is 1. The van der Waals surface area contributed by atoms with Crippen molar-refractivity contribution >= 4 is 0 Å². The molecule has 1 unspecified atom stereocenters. The molecule has 1 fully saturated rings. The zero-order chi connectivity index (χ0) is 7.98. The predicted molar refractivity (Wildman–Crippen MR) is 44.3 cm³/mol. The smallest absolute Gasteiger partial charge is 0.0619 e. The van der Waals surface area contributed by atoms with E-state index in [0.717, 1.165) is 19.8 Å². The maximum atomic E-state index is 5.21. The van der Waals surface area contributed by atoms with Crippen LogP contribution in [0.4, 0.5) is 0 Å². The first-order valence-electron chi connectivity index (χ1n) is 4.08. The molecule has 0 aromatic rings. The van der Waals surface area contributed by atoms with Gasteiger partial charge in [0.25, 0.3) is 0 Å². The van der Waals surface area contributed by atoms with E-state index in [9.17, 15) is 0 Å². The fourth-order valence-electron chi connectivity index (χ4n) is 0.810. The van der Waals surface area contributed by atoms with Crippen molar-refractivity contribution in [1.29, 1.82) is 0 Å². The van der Waals surface area contributed by atoms with E-state index < -0.39 is 0 Å². The summed E-state index contributed by atoms with van der Waals surface area (Å²) in [6.45, 7) is 9.07. The second-order valence-electron chi connectivity index (χ2n) is 2.40. The van der Waals surface area contributed by atoms with E-state index in [4.69, 9.17) is 4.74 Å². The SMILES string of the molecule is CC.CC1COCCN1C. The average molecular weight is 145 g/mol. The molecule has 0 saturated carbocycles. The molecule has 1 aliphatic rings. The van der Waals surface area contributed by atoms with Crippen LogP contribution in [0.25, 0.3) is 0 Å². The molecule has 2 heteroatoms. The fourth-order valence-corrected chi connectivity index (χ4v) is 0.810.